The molecule has 0 amide bonds. The van der Waals surface area contributed by atoms with Crippen molar-refractivity contribution >= 4 is 6.29 Å². The summed E-state index contributed by atoms with van der Waals surface area (Å²) in [5.74, 6) is 1.15. The molecule has 0 saturated carbocycles. The summed E-state index contributed by atoms with van der Waals surface area (Å²) in [5.41, 5.74) is 0.289. The Morgan fingerprint density at radius 1 is 1.56 bits per heavy atom. The molecule has 2 aromatic rings. The molecule has 7 nitrogen and oxygen atoms in total. The maximum absolute atomic E-state index is 10.4. The third kappa shape index (κ3) is 2.30. The molecular formula is C9H11N5O2. The maximum atomic E-state index is 10.4. The van der Waals surface area contributed by atoms with Gasteiger partial charge in [0.2, 0.25) is 5.89 Å². The molecule has 0 radical (unpaired) electrons. The van der Waals surface area contributed by atoms with Crippen LogP contribution in [-0.2, 0) is 13.0 Å². The van der Waals surface area contributed by atoms with Crippen LogP contribution >= 0.6 is 0 Å². The number of nitrogens with zero attached hydrogens (tertiary/aromatic N) is 5. The van der Waals surface area contributed by atoms with Crippen LogP contribution in [0.1, 0.15) is 35.5 Å². The number of hydrogen-bond acceptors (Lipinski definition) is 6. The van der Waals surface area contributed by atoms with Gasteiger partial charge in [-0.05, 0) is 6.42 Å². The Hall–Kier alpha value is -2.05. The molecular weight excluding hydrogens is 210 g/mol. The van der Waals surface area contributed by atoms with Gasteiger partial charge in [-0.2, -0.15) is 4.98 Å². The Morgan fingerprint density at radius 3 is 3.12 bits per heavy atom. The quantitative estimate of drug-likeness (QED) is 0.682. The number of carbonyl (C=O) groups excluding carboxylic acids is 1. The number of carbonyl (C=O) groups is 1. The molecule has 0 aromatic carbocycles. The molecule has 0 fully saturated rings. The first-order chi connectivity index (χ1) is 7.81. The Labute approximate surface area is 91.5 Å². The summed E-state index contributed by atoms with van der Waals surface area (Å²) in [6.45, 7) is 2.39. The van der Waals surface area contributed by atoms with E-state index in [0.717, 1.165) is 12.8 Å². The summed E-state index contributed by atoms with van der Waals surface area (Å²) in [6.07, 6.45) is 3.90. The summed E-state index contributed by atoms with van der Waals surface area (Å²) in [6, 6.07) is 0. The molecule has 0 N–H and O–H groups in total. The number of aromatic nitrogens is 5. The summed E-state index contributed by atoms with van der Waals surface area (Å²) >= 11 is 0. The average molecular weight is 221 g/mol. The van der Waals surface area contributed by atoms with E-state index < -0.39 is 0 Å². The first kappa shape index (κ1) is 10.5. The summed E-state index contributed by atoms with van der Waals surface area (Å²) in [7, 11) is 0. The molecule has 2 heterocycles. The lowest BCUT2D eigenvalue weighted by molar-refractivity contribution is 0.111. The smallest absolute Gasteiger partial charge is 0.226 e. The predicted octanol–water partition coefficient (Wildman–Crippen LogP) is 0.474. The Kier molecular flexibility index (Phi) is 3.04. The molecule has 2 aromatic heterocycles. The monoisotopic (exact) mass is 221 g/mol. The third-order valence-corrected chi connectivity index (χ3v) is 1.95. The number of aldehydes is 1. The Morgan fingerprint density at radius 2 is 2.44 bits per heavy atom. The summed E-state index contributed by atoms with van der Waals surface area (Å²) in [5, 5.41) is 11.2. The van der Waals surface area contributed by atoms with Crippen LogP contribution in [0.2, 0.25) is 0 Å². The van der Waals surface area contributed by atoms with Gasteiger partial charge >= 0.3 is 0 Å². The van der Waals surface area contributed by atoms with Gasteiger partial charge in [0.05, 0.1) is 6.20 Å². The van der Waals surface area contributed by atoms with Gasteiger partial charge in [0.25, 0.3) is 0 Å². The van der Waals surface area contributed by atoms with Crippen molar-refractivity contribution in [2.24, 2.45) is 0 Å². The minimum atomic E-state index is 0.289. The zero-order chi connectivity index (χ0) is 11.4. The van der Waals surface area contributed by atoms with Gasteiger partial charge in [-0.15, -0.1) is 5.10 Å². The lowest BCUT2D eigenvalue weighted by Gasteiger charge is -1.91. The molecule has 7 heteroatoms. The van der Waals surface area contributed by atoms with Crippen molar-refractivity contribution in [2.45, 2.75) is 26.3 Å². The molecule has 16 heavy (non-hydrogen) atoms. The van der Waals surface area contributed by atoms with Crippen LogP contribution in [0.15, 0.2) is 10.7 Å². The van der Waals surface area contributed by atoms with Crippen molar-refractivity contribution in [2.75, 3.05) is 0 Å². The lowest BCUT2D eigenvalue weighted by Crippen LogP contribution is -2.02. The van der Waals surface area contributed by atoms with Crippen LogP contribution < -0.4 is 0 Å². The highest BCUT2D eigenvalue weighted by Gasteiger charge is 2.07. The highest BCUT2D eigenvalue weighted by molar-refractivity contribution is 5.70. The SMILES string of the molecule is CCCc1nc(Cn2cc(C=O)nn2)no1. The molecule has 2 rings (SSSR count). The molecule has 0 unspecified atom stereocenters. The average Bonchev–Trinajstić information content (AvgIpc) is 2.89. The van der Waals surface area contributed by atoms with E-state index in [1.54, 1.807) is 0 Å². The van der Waals surface area contributed by atoms with Crippen molar-refractivity contribution in [3.8, 4) is 0 Å². The van der Waals surface area contributed by atoms with Crippen molar-refractivity contribution in [3.05, 3.63) is 23.6 Å². The van der Waals surface area contributed by atoms with Crippen LogP contribution in [0.4, 0.5) is 0 Å². The predicted molar refractivity (Wildman–Crippen MR) is 52.8 cm³/mol. The maximum Gasteiger partial charge on any atom is 0.226 e. The van der Waals surface area contributed by atoms with Gasteiger partial charge in [0.15, 0.2) is 12.1 Å². The van der Waals surface area contributed by atoms with Crippen molar-refractivity contribution in [3.63, 3.8) is 0 Å². The van der Waals surface area contributed by atoms with E-state index in [2.05, 4.69) is 20.5 Å². The van der Waals surface area contributed by atoms with Crippen molar-refractivity contribution in [1.82, 2.24) is 25.1 Å². The van der Waals surface area contributed by atoms with Crippen LogP contribution in [0, 0.1) is 0 Å². The highest BCUT2D eigenvalue weighted by atomic mass is 16.5. The second kappa shape index (κ2) is 4.65. The first-order valence-corrected chi connectivity index (χ1v) is 4.98. The lowest BCUT2D eigenvalue weighted by atomic mass is 10.3. The Bertz CT molecular complexity index is 476. The summed E-state index contributed by atoms with van der Waals surface area (Å²) < 4.78 is 6.51. The van der Waals surface area contributed by atoms with Crippen molar-refractivity contribution in [1.29, 1.82) is 0 Å². The second-order valence-electron chi connectivity index (χ2n) is 3.31. The molecule has 0 atom stereocenters. The van der Waals surface area contributed by atoms with Gasteiger partial charge < -0.3 is 4.52 Å². The van der Waals surface area contributed by atoms with E-state index in [4.69, 9.17) is 4.52 Å². The standard InChI is InChI=1S/C9H11N5O2/c1-2-3-9-10-8(12-16-9)5-14-4-7(6-15)11-13-14/h4,6H,2-3,5H2,1H3. The van der Waals surface area contributed by atoms with Crippen LogP contribution in [0.5, 0.6) is 0 Å². The van der Waals surface area contributed by atoms with Gasteiger partial charge in [-0.25, -0.2) is 4.68 Å². The van der Waals surface area contributed by atoms with Crippen LogP contribution in [-0.4, -0.2) is 31.4 Å². The minimum Gasteiger partial charge on any atom is -0.339 e. The number of aryl methyl sites for hydroxylation is 1. The molecule has 0 spiro atoms. The molecule has 84 valence electrons. The second-order valence-corrected chi connectivity index (χ2v) is 3.31. The Balaban J connectivity index is 2.05. The molecule has 0 saturated heterocycles. The fourth-order valence-corrected chi connectivity index (χ4v) is 1.26. The van der Waals surface area contributed by atoms with E-state index in [-0.39, 0.29) is 5.69 Å². The largest absolute Gasteiger partial charge is 0.339 e. The fraction of sp³-hybridized carbons (Fsp3) is 0.444. The van der Waals surface area contributed by atoms with E-state index in [1.807, 2.05) is 6.92 Å². The number of hydrogen-bond donors (Lipinski definition) is 0. The van der Waals surface area contributed by atoms with Crippen molar-refractivity contribution < 1.29 is 9.32 Å². The topological polar surface area (TPSA) is 86.7 Å². The van der Waals surface area contributed by atoms with E-state index >= 15 is 0 Å². The van der Waals surface area contributed by atoms with E-state index in [1.165, 1.54) is 10.9 Å². The summed E-state index contributed by atoms with van der Waals surface area (Å²) in [4.78, 5) is 14.6. The number of rotatable bonds is 5. The first-order valence-electron chi connectivity index (χ1n) is 4.98. The van der Waals surface area contributed by atoms with E-state index in [0.29, 0.717) is 24.5 Å². The zero-order valence-corrected chi connectivity index (χ0v) is 8.83. The van der Waals surface area contributed by atoms with Crippen LogP contribution in [0.3, 0.4) is 0 Å². The van der Waals surface area contributed by atoms with Gasteiger partial charge in [-0.3, -0.25) is 4.79 Å². The molecule has 0 aliphatic heterocycles. The molecule has 0 bridgehead atoms. The van der Waals surface area contributed by atoms with Crippen LogP contribution in [0.25, 0.3) is 0 Å². The molecule has 0 aliphatic rings. The normalized spacial score (nSPS) is 10.6. The van der Waals surface area contributed by atoms with E-state index in [9.17, 15) is 4.79 Å². The highest BCUT2D eigenvalue weighted by Crippen LogP contribution is 2.02. The minimum absolute atomic E-state index is 0.289. The van der Waals surface area contributed by atoms with Gasteiger partial charge in [-0.1, -0.05) is 17.3 Å². The van der Waals surface area contributed by atoms with Gasteiger partial charge in [0.1, 0.15) is 12.2 Å². The fourth-order valence-electron chi connectivity index (χ4n) is 1.26. The van der Waals surface area contributed by atoms with Gasteiger partial charge in [0, 0.05) is 6.42 Å². The molecule has 0 aliphatic carbocycles. The zero-order valence-electron chi connectivity index (χ0n) is 8.83. The third-order valence-electron chi connectivity index (χ3n) is 1.95.